The highest BCUT2D eigenvalue weighted by Crippen LogP contribution is 2.29. The summed E-state index contributed by atoms with van der Waals surface area (Å²) >= 11 is 15.5. The van der Waals surface area contributed by atoms with Crippen molar-refractivity contribution in [1.82, 2.24) is 9.97 Å². The van der Waals surface area contributed by atoms with E-state index in [0.29, 0.717) is 4.47 Å². The van der Waals surface area contributed by atoms with Crippen LogP contribution in [0.2, 0.25) is 10.4 Å². The van der Waals surface area contributed by atoms with Crippen LogP contribution in [0.25, 0.3) is 0 Å². The number of nitrogens with zero attached hydrogens (tertiary/aromatic N) is 2. The number of hydrogen-bond acceptors (Lipinski definition) is 5. The summed E-state index contributed by atoms with van der Waals surface area (Å²) in [4.78, 5) is 7.35. The number of aromatic nitrogens is 2. The van der Waals surface area contributed by atoms with E-state index in [1.165, 1.54) is 6.07 Å². The minimum atomic E-state index is -3.72. The third-order valence-electron chi connectivity index (χ3n) is 1.74. The second-order valence-corrected chi connectivity index (χ2v) is 7.38. The third kappa shape index (κ3) is 3.12. The molecule has 0 saturated carbocycles. The molecule has 18 heavy (non-hydrogen) atoms. The summed E-state index contributed by atoms with van der Waals surface area (Å²) in [5, 5.41) is 1.57. The lowest BCUT2D eigenvalue weighted by Crippen LogP contribution is -2.13. The fraction of sp³-hybridized carbons (Fsp3) is 0. The molecule has 0 aliphatic rings. The van der Waals surface area contributed by atoms with Crippen LogP contribution in [-0.4, -0.2) is 18.4 Å². The Morgan fingerprint density at radius 3 is 2.61 bits per heavy atom. The van der Waals surface area contributed by atoms with Crippen LogP contribution < -0.4 is 4.72 Å². The van der Waals surface area contributed by atoms with E-state index >= 15 is 0 Å². The number of hydrogen-bond donors (Lipinski definition) is 1. The van der Waals surface area contributed by atoms with Crippen LogP contribution >= 0.6 is 50.5 Å². The molecule has 0 bridgehead atoms. The van der Waals surface area contributed by atoms with Crippen molar-refractivity contribution in [2.75, 3.05) is 4.72 Å². The number of nitrogens with one attached hydrogen (secondary N) is 1. The summed E-state index contributed by atoms with van der Waals surface area (Å²) in [5.41, 5.74) is 0. The Morgan fingerprint density at radius 1 is 1.33 bits per heavy atom. The van der Waals surface area contributed by atoms with Gasteiger partial charge in [0.15, 0.2) is 4.21 Å². The fourth-order valence-corrected chi connectivity index (χ4v) is 4.84. The van der Waals surface area contributed by atoms with Crippen molar-refractivity contribution in [1.29, 1.82) is 0 Å². The lowest BCUT2D eigenvalue weighted by Gasteiger charge is -2.06. The summed E-state index contributed by atoms with van der Waals surface area (Å²) in [7, 11) is -3.72. The number of anilines is 1. The van der Waals surface area contributed by atoms with Gasteiger partial charge in [0, 0.05) is 10.5 Å². The van der Waals surface area contributed by atoms with E-state index < -0.39 is 10.0 Å². The van der Waals surface area contributed by atoms with Crippen molar-refractivity contribution in [2.24, 2.45) is 0 Å². The minimum absolute atomic E-state index is 0.0142. The van der Waals surface area contributed by atoms with Crippen LogP contribution in [0.4, 0.5) is 5.82 Å². The third-order valence-corrected chi connectivity index (χ3v) is 6.12. The van der Waals surface area contributed by atoms with Crippen molar-refractivity contribution in [3.8, 4) is 0 Å². The second-order valence-electron chi connectivity index (χ2n) is 3.01. The van der Waals surface area contributed by atoms with Crippen LogP contribution in [0.5, 0.6) is 0 Å². The van der Waals surface area contributed by atoms with Crippen molar-refractivity contribution < 1.29 is 8.42 Å². The van der Waals surface area contributed by atoms with Gasteiger partial charge >= 0.3 is 0 Å². The zero-order valence-corrected chi connectivity index (χ0v) is 13.1. The van der Waals surface area contributed by atoms with Gasteiger partial charge in [0.1, 0.15) is 11.0 Å². The first-order valence-corrected chi connectivity index (χ1v) is 8.25. The van der Waals surface area contributed by atoms with Crippen LogP contribution in [0.15, 0.2) is 26.2 Å². The normalized spacial score (nSPS) is 11.5. The van der Waals surface area contributed by atoms with Crippen molar-refractivity contribution in [2.45, 2.75) is 4.21 Å². The highest BCUT2D eigenvalue weighted by Gasteiger charge is 2.20. The van der Waals surface area contributed by atoms with E-state index in [-0.39, 0.29) is 20.5 Å². The molecule has 0 amide bonds. The fourth-order valence-electron chi connectivity index (χ4n) is 1.10. The molecule has 0 atom stereocenters. The Balaban J connectivity index is 2.37. The van der Waals surface area contributed by atoms with Crippen LogP contribution in [0.3, 0.4) is 0 Å². The van der Waals surface area contributed by atoms with Gasteiger partial charge in [0.2, 0.25) is 5.28 Å². The molecule has 0 spiro atoms. The van der Waals surface area contributed by atoms with E-state index in [1.54, 1.807) is 11.4 Å². The number of thiophene rings is 1. The average Bonchev–Trinajstić information content (AvgIpc) is 2.62. The zero-order valence-electron chi connectivity index (χ0n) is 8.39. The molecule has 0 radical (unpaired) electrons. The Morgan fingerprint density at radius 2 is 2.06 bits per heavy atom. The van der Waals surface area contributed by atoms with Gasteiger partial charge in [0.25, 0.3) is 10.0 Å². The molecule has 5 nitrogen and oxygen atoms in total. The molecule has 2 rings (SSSR count). The topological polar surface area (TPSA) is 72.0 Å². The first-order chi connectivity index (χ1) is 8.38. The van der Waals surface area contributed by atoms with E-state index in [1.807, 2.05) is 0 Å². The first kappa shape index (κ1) is 14.0. The number of sulfonamides is 1. The number of rotatable bonds is 3. The largest absolute Gasteiger partial charge is 0.273 e. The smallest absolute Gasteiger partial charge is 0.262 e. The van der Waals surface area contributed by atoms with Crippen LogP contribution in [-0.2, 0) is 10.0 Å². The maximum Gasteiger partial charge on any atom is 0.273 e. The summed E-state index contributed by atoms with van der Waals surface area (Å²) in [6.07, 6.45) is 0. The Labute approximate surface area is 125 Å². The molecular formula is C8H4BrCl2N3O2S2. The molecule has 2 aromatic heterocycles. The molecular weight excluding hydrogens is 385 g/mol. The van der Waals surface area contributed by atoms with Crippen LogP contribution in [0, 0.1) is 0 Å². The monoisotopic (exact) mass is 387 g/mol. The Hall–Kier alpha value is -0.410. The van der Waals surface area contributed by atoms with E-state index in [2.05, 4.69) is 30.6 Å². The molecule has 10 heteroatoms. The molecule has 0 unspecified atom stereocenters. The lowest BCUT2D eigenvalue weighted by atomic mass is 10.6. The standard InChI is InChI=1S/C8H4BrCl2N3O2S2/c9-4-1-2-17-7(4)18(15,16)14-6-3-5(10)12-8(11)13-6/h1-3H,(H,12,13,14). The second kappa shape index (κ2) is 5.30. The van der Waals surface area contributed by atoms with Gasteiger partial charge in [-0.05, 0) is 39.0 Å². The molecule has 0 saturated heterocycles. The highest BCUT2D eigenvalue weighted by atomic mass is 79.9. The Kier molecular flexibility index (Phi) is 4.12. The van der Waals surface area contributed by atoms with Crippen molar-refractivity contribution in [3.05, 3.63) is 32.4 Å². The minimum Gasteiger partial charge on any atom is -0.262 e. The molecule has 0 fully saturated rings. The van der Waals surface area contributed by atoms with Gasteiger partial charge < -0.3 is 0 Å². The summed E-state index contributed by atoms with van der Waals surface area (Å²) in [5.74, 6) is 0.0142. The van der Waals surface area contributed by atoms with Crippen molar-refractivity contribution in [3.63, 3.8) is 0 Å². The molecule has 2 aromatic rings. The highest BCUT2D eigenvalue weighted by molar-refractivity contribution is 9.10. The Bertz CT molecular complexity index is 669. The van der Waals surface area contributed by atoms with Crippen molar-refractivity contribution >= 4 is 66.3 Å². The molecule has 0 aliphatic heterocycles. The summed E-state index contributed by atoms with van der Waals surface area (Å²) < 4.78 is 27.0. The molecule has 96 valence electrons. The van der Waals surface area contributed by atoms with E-state index in [0.717, 1.165) is 11.3 Å². The average molecular weight is 389 g/mol. The molecule has 0 aliphatic carbocycles. The quantitative estimate of drug-likeness (QED) is 0.645. The molecule has 1 N–H and O–H groups in total. The van der Waals surface area contributed by atoms with Gasteiger partial charge in [-0.25, -0.2) is 13.4 Å². The number of halogens is 3. The predicted molar refractivity (Wildman–Crippen MR) is 74.9 cm³/mol. The lowest BCUT2D eigenvalue weighted by molar-refractivity contribution is 0.602. The maximum atomic E-state index is 12.0. The van der Waals surface area contributed by atoms with Gasteiger partial charge in [-0.2, -0.15) is 4.98 Å². The van der Waals surface area contributed by atoms with Crippen LogP contribution in [0.1, 0.15) is 0 Å². The van der Waals surface area contributed by atoms with E-state index in [4.69, 9.17) is 23.2 Å². The zero-order chi connectivity index (χ0) is 13.3. The van der Waals surface area contributed by atoms with Gasteiger partial charge in [-0.3, -0.25) is 4.72 Å². The summed E-state index contributed by atoms with van der Waals surface area (Å²) in [6.45, 7) is 0. The van der Waals surface area contributed by atoms with Gasteiger partial charge in [-0.15, -0.1) is 11.3 Å². The molecule has 0 aromatic carbocycles. The molecule has 2 heterocycles. The first-order valence-electron chi connectivity index (χ1n) is 4.34. The SMILES string of the molecule is O=S(=O)(Nc1cc(Cl)nc(Cl)n1)c1sccc1Br. The summed E-state index contributed by atoms with van der Waals surface area (Å²) in [6, 6.07) is 2.91. The van der Waals surface area contributed by atoms with E-state index in [9.17, 15) is 8.42 Å². The van der Waals surface area contributed by atoms with Gasteiger partial charge in [0.05, 0.1) is 0 Å². The maximum absolute atomic E-state index is 12.0. The predicted octanol–water partition coefficient (Wildman–Crippen LogP) is 3.41. The van der Waals surface area contributed by atoms with Gasteiger partial charge in [-0.1, -0.05) is 11.6 Å².